The predicted molar refractivity (Wildman–Crippen MR) is 92.8 cm³/mol. The Balaban J connectivity index is 1.85. The summed E-state index contributed by atoms with van der Waals surface area (Å²) in [5, 5.41) is 21.4. The molecule has 0 unspecified atom stereocenters. The molecule has 0 fully saturated rings. The van der Waals surface area contributed by atoms with Gasteiger partial charge in [-0.05, 0) is 25.0 Å². The second kappa shape index (κ2) is 9.29. The Hall–Kier alpha value is -2.90. The summed E-state index contributed by atoms with van der Waals surface area (Å²) in [5.41, 5.74) is 0.887. The van der Waals surface area contributed by atoms with E-state index >= 15 is 0 Å². The third kappa shape index (κ3) is 5.71. The highest BCUT2D eigenvalue weighted by molar-refractivity contribution is 5.79. The number of non-ortho nitro benzene ring substituents is 1. The summed E-state index contributed by atoms with van der Waals surface area (Å²) in [6.45, 7) is 4.73. The minimum atomic E-state index is -0.397. The summed E-state index contributed by atoms with van der Waals surface area (Å²) < 4.78 is 1.88. The smallest absolute Gasteiger partial charge is 0.269 e. The van der Waals surface area contributed by atoms with Crippen LogP contribution in [0.5, 0.6) is 0 Å². The summed E-state index contributed by atoms with van der Waals surface area (Å²) in [5.74, 6) is 0.699. The number of aryl methyl sites for hydroxylation is 1. The van der Waals surface area contributed by atoms with Gasteiger partial charge in [0.1, 0.15) is 0 Å². The molecular weight excluding hydrogens is 308 g/mol. The van der Waals surface area contributed by atoms with Crippen molar-refractivity contribution in [1.29, 1.82) is 0 Å². The number of hydrogen-bond acceptors (Lipinski definition) is 4. The Bertz CT molecular complexity index is 669. The van der Waals surface area contributed by atoms with Crippen molar-refractivity contribution >= 4 is 11.6 Å². The van der Waals surface area contributed by atoms with Gasteiger partial charge in [-0.3, -0.25) is 14.8 Å². The molecule has 2 rings (SSSR count). The lowest BCUT2D eigenvalue weighted by Gasteiger charge is -2.11. The lowest BCUT2D eigenvalue weighted by Crippen LogP contribution is -2.38. The van der Waals surface area contributed by atoms with E-state index in [0.29, 0.717) is 12.5 Å². The van der Waals surface area contributed by atoms with E-state index in [4.69, 9.17) is 0 Å². The lowest BCUT2D eigenvalue weighted by atomic mass is 10.2. The van der Waals surface area contributed by atoms with Gasteiger partial charge >= 0.3 is 0 Å². The average molecular weight is 330 g/mol. The highest BCUT2D eigenvalue weighted by atomic mass is 16.6. The summed E-state index contributed by atoms with van der Waals surface area (Å²) in [6.07, 6.45) is 4.61. The minimum Gasteiger partial charge on any atom is -0.357 e. The summed E-state index contributed by atoms with van der Waals surface area (Å²) in [4.78, 5) is 14.9. The molecule has 2 N–H and O–H groups in total. The summed E-state index contributed by atoms with van der Waals surface area (Å²) in [6, 6.07) is 8.43. The Labute approximate surface area is 140 Å². The number of aromatic nitrogens is 2. The number of rotatable bonds is 8. The van der Waals surface area contributed by atoms with Gasteiger partial charge in [0.2, 0.25) is 0 Å². The van der Waals surface area contributed by atoms with Crippen LogP contribution in [-0.4, -0.2) is 33.8 Å². The Morgan fingerprint density at radius 2 is 2.25 bits per heavy atom. The number of nitro groups is 1. The first kappa shape index (κ1) is 17.5. The van der Waals surface area contributed by atoms with Crippen molar-refractivity contribution in [2.45, 2.75) is 26.4 Å². The Morgan fingerprint density at radius 3 is 2.96 bits per heavy atom. The SMILES string of the molecule is CCNC(=NCc1cccc([N+](=O)[O-])c1)NCCCn1cccn1. The Morgan fingerprint density at radius 1 is 1.38 bits per heavy atom. The molecule has 128 valence electrons. The first-order valence-corrected chi connectivity index (χ1v) is 7.92. The molecule has 0 amide bonds. The molecule has 0 radical (unpaired) electrons. The van der Waals surface area contributed by atoms with E-state index < -0.39 is 4.92 Å². The quantitative estimate of drug-likeness (QED) is 0.253. The molecule has 8 nitrogen and oxygen atoms in total. The van der Waals surface area contributed by atoms with Crippen molar-refractivity contribution < 1.29 is 4.92 Å². The molecule has 24 heavy (non-hydrogen) atoms. The molecule has 0 aliphatic heterocycles. The van der Waals surface area contributed by atoms with Gasteiger partial charge < -0.3 is 10.6 Å². The molecule has 8 heteroatoms. The molecule has 0 bridgehead atoms. The van der Waals surface area contributed by atoms with Gasteiger partial charge in [-0.1, -0.05) is 12.1 Å². The van der Waals surface area contributed by atoms with Crippen LogP contribution in [0.2, 0.25) is 0 Å². The van der Waals surface area contributed by atoms with E-state index in [1.807, 2.05) is 29.9 Å². The number of guanidine groups is 1. The number of nitrogens with one attached hydrogen (secondary N) is 2. The number of hydrogen-bond donors (Lipinski definition) is 2. The molecule has 1 aromatic carbocycles. The largest absolute Gasteiger partial charge is 0.357 e. The zero-order valence-electron chi connectivity index (χ0n) is 13.7. The fraction of sp³-hybridized carbons (Fsp3) is 0.375. The van der Waals surface area contributed by atoms with Crippen molar-refractivity contribution in [3.63, 3.8) is 0 Å². The highest BCUT2D eigenvalue weighted by Gasteiger charge is 2.05. The summed E-state index contributed by atoms with van der Waals surface area (Å²) in [7, 11) is 0. The van der Waals surface area contributed by atoms with Crippen LogP contribution in [0.1, 0.15) is 18.9 Å². The van der Waals surface area contributed by atoms with Crippen molar-refractivity contribution in [2.75, 3.05) is 13.1 Å². The van der Waals surface area contributed by atoms with E-state index in [0.717, 1.165) is 31.6 Å². The maximum absolute atomic E-state index is 10.8. The first-order chi connectivity index (χ1) is 11.7. The van der Waals surface area contributed by atoms with E-state index in [9.17, 15) is 10.1 Å². The molecule has 0 spiro atoms. The van der Waals surface area contributed by atoms with E-state index in [2.05, 4.69) is 20.7 Å². The fourth-order valence-corrected chi connectivity index (χ4v) is 2.16. The Kier molecular flexibility index (Phi) is 6.75. The molecule has 1 aromatic heterocycles. The van der Waals surface area contributed by atoms with Crippen LogP contribution in [0.25, 0.3) is 0 Å². The van der Waals surface area contributed by atoms with Gasteiger partial charge in [0, 0.05) is 44.2 Å². The highest BCUT2D eigenvalue weighted by Crippen LogP contribution is 2.13. The van der Waals surface area contributed by atoms with Crippen LogP contribution >= 0.6 is 0 Å². The third-order valence-electron chi connectivity index (χ3n) is 3.30. The second-order valence-corrected chi connectivity index (χ2v) is 5.17. The van der Waals surface area contributed by atoms with Gasteiger partial charge in [-0.25, -0.2) is 4.99 Å². The maximum Gasteiger partial charge on any atom is 0.269 e. The number of nitrogens with zero attached hydrogens (tertiary/aromatic N) is 4. The van der Waals surface area contributed by atoms with Crippen LogP contribution < -0.4 is 10.6 Å². The van der Waals surface area contributed by atoms with E-state index in [1.165, 1.54) is 6.07 Å². The first-order valence-electron chi connectivity index (χ1n) is 7.92. The number of nitro benzene ring substituents is 1. The number of aliphatic imine (C=N–C) groups is 1. The zero-order valence-corrected chi connectivity index (χ0v) is 13.7. The van der Waals surface area contributed by atoms with Crippen molar-refractivity contribution in [3.05, 3.63) is 58.4 Å². The third-order valence-corrected chi connectivity index (χ3v) is 3.30. The molecule has 0 aliphatic carbocycles. The molecule has 0 aliphatic rings. The van der Waals surface area contributed by atoms with Gasteiger partial charge in [0.05, 0.1) is 11.5 Å². The molecular formula is C16H22N6O2. The monoisotopic (exact) mass is 330 g/mol. The van der Waals surface area contributed by atoms with E-state index in [-0.39, 0.29) is 5.69 Å². The minimum absolute atomic E-state index is 0.0832. The topological polar surface area (TPSA) is 97.4 Å². The maximum atomic E-state index is 10.8. The zero-order chi connectivity index (χ0) is 17.2. The molecule has 0 saturated carbocycles. The van der Waals surface area contributed by atoms with Crippen LogP contribution in [0.4, 0.5) is 5.69 Å². The average Bonchev–Trinajstić information content (AvgIpc) is 3.10. The van der Waals surface area contributed by atoms with E-state index in [1.54, 1.807) is 18.3 Å². The fourth-order valence-electron chi connectivity index (χ4n) is 2.16. The van der Waals surface area contributed by atoms with Crippen LogP contribution in [-0.2, 0) is 13.1 Å². The van der Waals surface area contributed by atoms with Gasteiger partial charge in [-0.15, -0.1) is 0 Å². The lowest BCUT2D eigenvalue weighted by molar-refractivity contribution is -0.384. The van der Waals surface area contributed by atoms with Crippen molar-refractivity contribution in [3.8, 4) is 0 Å². The predicted octanol–water partition coefficient (Wildman–Crippen LogP) is 1.94. The molecule has 0 saturated heterocycles. The van der Waals surface area contributed by atoms with Crippen molar-refractivity contribution in [2.24, 2.45) is 4.99 Å². The number of benzene rings is 1. The normalized spacial score (nSPS) is 11.3. The molecule has 1 heterocycles. The van der Waals surface area contributed by atoms with Crippen molar-refractivity contribution in [1.82, 2.24) is 20.4 Å². The summed E-state index contributed by atoms with van der Waals surface area (Å²) >= 11 is 0. The van der Waals surface area contributed by atoms with Crippen LogP contribution in [0.3, 0.4) is 0 Å². The molecule has 0 atom stereocenters. The van der Waals surface area contributed by atoms with Crippen LogP contribution in [0.15, 0.2) is 47.7 Å². The second-order valence-electron chi connectivity index (χ2n) is 5.17. The molecule has 2 aromatic rings. The van der Waals surface area contributed by atoms with Crippen LogP contribution in [0, 0.1) is 10.1 Å². The van der Waals surface area contributed by atoms with Gasteiger partial charge in [0.15, 0.2) is 5.96 Å². The van der Waals surface area contributed by atoms with Gasteiger partial charge in [0.25, 0.3) is 5.69 Å². The van der Waals surface area contributed by atoms with Gasteiger partial charge in [-0.2, -0.15) is 5.10 Å². The standard InChI is InChI=1S/C16H22N6O2/c1-2-17-16(18-8-4-10-21-11-5-9-20-21)19-13-14-6-3-7-15(12-14)22(23)24/h3,5-7,9,11-12H,2,4,8,10,13H2,1H3,(H2,17,18,19).